The summed E-state index contributed by atoms with van der Waals surface area (Å²) in [6, 6.07) is 5.11. The summed E-state index contributed by atoms with van der Waals surface area (Å²) >= 11 is 0. The fourth-order valence-electron chi connectivity index (χ4n) is 1.05. The lowest BCUT2D eigenvalue weighted by molar-refractivity contribution is -0.384. The Morgan fingerprint density at radius 1 is 1.47 bits per heavy atom. The number of carbonyl (C=O) groups is 1. The molecule has 0 aromatic heterocycles. The Balaban J connectivity index is 2.72. The van der Waals surface area contributed by atoms with Gasteiger partial charge in [-0.05, 0) is 5.56 Å². The summed E-state index contributed by atoms with van der Waals surface area (Å²) in [5.74, 6) is -1.53. The van der Waals surface area contributed by atoms with E-state index in [-0.39, 0.29) is 12.1 Å². The van der Waals surface area contributed by atoms with Gasteiger partial charge in [-0.25, -0.2) is 9.18 Å². The monoisotopic (exact) mass is 213 g/mol. The number of carboxylic acid groups (broad SMARTS) is 1. The first-order chi connectivity index (χ1) is 7.00. The van der Waals surface area contributed by atoms with Crippen molar-refractivity contribution >= 4 is 11.7 Å². The predicted octanol–water partition coefficient (Wildman–Crippen LogP) is 1.56. The molecule has 1 N–H and O–H groups in total. The zero-order valence-corrected chi connectivity index (χ0v) is 7.59. The maximum atomic E-state index is 12.7. The number of benzene rings is 1. The number of nitrogens with zero attached hydrogens (tertiary/aromatic N) is 1. The molecule has 0 aliphatic carbocycles. The summed E-state index contributed by atoms with van der Waals surface area (Å²) < 4.78 is 12.7. The van der Waals surface area contributed by atoms with Gasteiger partial charge in [0.15, 0.2) is 0 Å². The number of nitro benzene ring substituents is 1. The molecule has 0 aliphatic heterocycles. The molecule has 1 aromatic carbocycles. The highest BCUT2D eigenvalue weighted by molar-refractivity contribution is 5.72. The van der Waals surface area contributed by atoms with Crippen molar-refractivity contribution in [2.45, 2.75) is 12.6 Å². The van der Waals surface area contributed by atoms with Gasteiger partial charge in [0.05, 0.1) is 4.92 Å². The predicted molar refractivity (Wildman–Crippen MR) is 49.3 cm³/mol. The lowest BCUT2D eigenvalue weighted by atomic mass is 10.1. The number of hydrogen-bond acceptors (Lipinski definition) is 3. The third-order valence-electron chi connectivity index (χ3n) is 1.83. The molecule has 5 nitrogen and oxygen atoms in total. The molecule has 0 heterocycles. The second-order valence-electron chi connectivity index (χ2n) is 2.93. The standard InChI is InChI=1S/C9H8FNO4/c10-8(9(12)13)5-6-1-3-7(4-2-6)11(14)15/h1-4,8H,5H2,(H,12,13)/t8-/m0/s1. The van der Waals surface area contributed by atoms with Crippen molar-refractivity contribution in [1.82, 2.24) is 0 Å². The van der Waals surface area contributed by atoms with E-state index >= 15 is 0 Å². The topological polar surface area (TPSA) is 80.4 Å². The normalized spacial score (nSPS) is 12.1. The molecule has 0 fully saturated rings. The van der Waals surface area contributed by atoms with Crippen LogP contribution in [0.25, 0.3) is 0 Å². The van der Waals surface area contributed by atoms with E-state index in [1.807, 2.05) is 0 Å². The maximum absolute atomic E-state index is 12.7. The third kappa shape index (κ3) is 3.01. The first-order valence-corrected chi connectivity index (χ1v) is 4.11. The van der Waals surface area contributed by atoms with Gasteiger partial charge in [-0.2, -0.15) is 0 Å². The SMILES string of the molecule is O=C(O)[C@@H](F)Cc1ccc([N+](=O)[O-])cc1. The Morgan fingerprint density at radius 2 is 2.00 bits per heavy atom. The van der Waals surface area contributed by atoms with Crippen LogP contribution in [0.4, 0.5) is 10.1 Å². The van der Waals surface area contributed by atoms with Crippen molar-refractivity contribution in [3.8, 4) is 0 Å². The van der Waals surface area contributed by atoms with E-state index in [1.54, 1.807) is 0 Å². The highest BCUT2D eigenvalue weighted by Gasteiger charge is 2.16. The van der Waals surface area contributed by atoms with Gasteiger partial charge >= 0.3 is 5.97 Å². The highest BCUT2D eigenvalue weighted by Crippen LogP contribution is 2.13. The van der Waals surface area contributed by atoms with Crippen molar-refractivity contribution in [3.05, 3.63) is 39.9 Å². The van der Waals surface area contributed by atoms with Gasteiger partial charge in [-0.15, -0.1) is 0 Å². The smallest absolute Gasteiger partial charge is 0.338 e. The van der Waals surface area contributed by atoms with E-state index in [4.69, 9.17) is 5.11 Å². The Hall–Kier alpha value is -1.98. The number of nitro groups is 1. The lowest BCUT2D eigenvalue weighted by Crippen LogP contribution is -2.17. The number of non-ortho nitro benzene ring substituents is 1. The number of rotatable bonds is 4. The summed E-state index contributed by atoms with van der Waals surface area (Å²) in [6.07, 6.45) is -2.26. The van der Waals surface area contributed by atoms with Crippen LogP contribution >= 0.6 is 0 Å². The summed E-state index contributed by atoms with van der Waals surface area (Å²) in [7, 11) is 0. The van der Waals surface area contributed by atoms with Crippen LogP contribution in [0.3, 0.4) is 0 Å². The lowest BCUT2D eigenvalue weighted by Gasteiger charge is -2.02. The van der Waals surface area contributed by atoms with E-state index in [1.165, 1.54) is 24.3 Å². The minimum atomic E-state index is -1.98. The molecule has 15 heavy (non-hydrogen) atoms. The molecular weight excluding hydrogens is 205 g/mol. The van der Waals surface area contributed by atoms with Gasteiger partial charge in [-0.1, -0.05) is 12.1 Å². The quantitative estimate of drug-likeness (QED) is 0.607. The number of hydrogen-bond donors (Lipinski definition) is 1. The molecular formula is C9H8FNO4. The van der Waals surface area contributed by atoms with Crippen LogP contribution in [0.5, 0.6) is 0 Å². The zero-order valence-electron chi connectivity index (χ0n) is 7.59. The van der Waals surface area contributed by atoms with Crippen molar-refractivity contribution in [1.29, 1.82) is 0 Å². The highest BCUT2D eigenvalue weighted by atomic mass is 19.1. The van der Waals surface area contributed by atoms with Crippen molar-refractivity contribution in [3.63, 3.8) is 0 Å². The summed E-state index contributed by atoms with van der Waals surface area (Å²) in [5.41, 5.74) is 0.306. The number of carboxylic acids is 1. The molecule has 0 amide bonds. The Morgan fingerprint density at radius 3 is 2.40 bits per heavy atom. The van der Waals surface area contributed by atoms with E-state index < -0.39 is 17.1 Å². The van der Waals surface area contributed by atoms with E-state index in [2.05, 4.69) is 0 Å². The molecule has 0 spiro atoms. The second kappa shape index (κ2) is 4.50. The van der Waals surface area contributed by atoms with Crippen LogP contribution in [0.1, 0.15) is 5.56 Å². The minimum absolute atomic E-state index is 0.107. The molecule has 80 valence electrons. The van der Waals surface area contributed by atoms with Crippen LogP contribution in [0.2, 0.25) is 0 Å². The van der Waals surface area contributed by atoms with E-state index in [0.29, 0.717) is 5.56 Å². The largest absolute Gasteiger partial charge is 0.479 e. The molecule has 0 aliphatic rings. The summed E-state index contributed by atoms with van der Waals surface area (Å²) in [6.45, 7) is 0. The van der Waals surface area contributed by atoms with Crippen LogP contribution in [0.15, 0.2) is 24.3 Å². The van der Waals surface area contributed by atoms with E-state index in [0.717, 1.165) is 0 Å². The summed E-state index contributed by atoms with van der Waals surface area (Å²) in [5, 5.41) is 18.6. The van der Waals surface area contributed by atoms with Crippen LogP contribution in [-0.2, 0) is 11.2 Å². The van der Waals surface area contributed by atoms with Gasteiger partial charge in [0.2, 0.25) is 6.17 Å². The average molecular weight is 213 g/mol. The molecule has 1 atom stereocenters. The van der Waals surface area contributed by atoms with Gasteiger partial charge in [-0.3, -0.25) is 10.1 Å². The third-order valence-corrected chi connectivity index (χ3v) is 1.83. The molecule has 0 radical (unpaired) electrons. The molecule has 0 saturated heterocycles. The van der Waals surface area contributed by atoms with Gasteiger partial charge < -0.3 is 5.11 Å². The van der Waals surface area contributed by atoms with Crippen LogP contribution in [0, 0.1) is 10.1 Å². The molecule has 0 unspecified atom stereocenters. The van der Waals surface area contributed by atoms with Crippen molar-refractivity contribution in [2.24, 2.45) is 0 Å². The van der Waals surface area contributed by atoms with Gasteiger partial charge in [0.25, 0.3) is 5.69 Å². The molecule has 0 bridgehead atoms. The summed E-state index contributed by atoms with van der Waals surface area (Å²) in [4.78, 5) is 19.9. The maximum Gasteiger partial charge on any atom is 0.338 e. The number of halogens is 1. The van der Waals surface area contributed by atoms with Crippen LogP contribution < -0.4 is 0 Å². The van der Waals surface area contributed by atoms with E-state index in [9.17, 15) is 19.3 Å². The van der Waals surface area contributed by atoms with Crippen molar-refractivity contribution in [2.75, 3.05) is 0 Å². The van der Waals surface area contributed by atoms with Gasteiger partial charge in [0, 0.05) is 18.6 Å². The average Bonchev–Trinajstić information content (AvgIpc) is 2.18. The minimum Gasteiger partial charge on any atom is -0.479 e. The Labute approximate surface area is 84.3 Å². The number of aliphatic carboxylic acids is 1. The fraction of sp³-hybridized carbons (Fsp3) is 0.222. The second-order valence-corrected chi connectivity index (χ2v) is 2.93. The zero-order chi connectivity index (χ0) is 11.4. The Bertz CT molecular complexity index is 376. The van der Waals surface area contributed by atoms with Crippen molar-refractivity contribution < 1.29 is 19.2 Å². The van der Waals surface area contributed by atoms with Gasteiger partial charge in [0.1, 0.15) is 0 Å². The fourth-order valence-corrected chi connectivity index (χ4v) is 1.05. The molecule has 0 saturated carbocycles. The van der Waals surface area contributed by atoms with Crippen LogP contribution in [-0.4, -0.2) is 22.2 Å². The first kappa shape index (κ1) is 11.1. The number of alkyl halides is 1. The Kier molecular flexibility index (Phi) is 3.33. The first-order valence-electron chi connectivity index (χ1n) is 4.11. The molecule has 1 rings (SSSR count). The molecule has 1 aromatic rings. The molecule has 6 heteroatoms.